The van der Waals surface area contributed by atoms with Gasteiger partial charge in [-0.25, -0.2) is 9.59 Å². The highest BCUT2D eigenvalue weighted by molar-refractivity contribution is 5.98. The van der Waals surface area contributed by atoms with Crippen LogP contribution in [0.25, 0.3) is 6.08 Å². The van der Waals surface area contributed by atoms with E-state index in [0.29, 0.717) is 18.4 Å². The fraction of sp³-hybridized carbons (Fsp3) is 0.412. The summed E-state index contributed by atoms with van der Waals surface area (Å²) in [7, 11) is 0. The van der Waals surface area contributed by atoms with Crippen molar-refractivity contribution in [2.45, 2.75) is 68.6 Å². The maximum Gasteiger partial charge on any atom is 0.422 e. The molecule has 2 aromatic carbocycles. The van der Waals surface area contributed by atoms with E-state index in [1.54, 1.807) is 6.08 Å². The van der Waals surface area contributed by atoms with Crippen molar-refractivity contribution < 1.29 is 61.5 Å². The van der Waals surface area contributed by atoms with E-state index in [2.05, 4.69) is 15.4 Å². The van der Waals surface area contributed by atoms with E-state index < -0.39 is 72.8 Å². The lowest BCUT2D eigenvalue weighted by molar-refractivity contribution is -0.182. The van der Waals surface area contributed by atoms with Crippen molar-refractivity contribution in [1.82, 2.24) is 10.6 Å². The Morgan fingerprint density at radius 1 is 1.08 bits per heavy atom. The molecule has 262 valence electrons. The molecule has 0 saturated carbocycles. The lowest BCUT2D eigenvalue weighted by atomic mass is 9.91. The van der Waals surface area contributed by atoms with Crippen LogP contribution >= 0.6 is 0 Å². The predicted molar refractivity (Wildman–Crippen MR) is 164 cm³/mol. The van der Waals surface area contributed by atoms with Crippen molar-refractivity contribution in [2.75, 3.05) is 19.8 Å². The van der Waals surface area contributed by atoms with Gasteiger partial charge in [-0.05, 0) is 47.9 Å². The Labute approximate surface area is 278 Å². The Morgan fingerprint density at radius 3 is 2.45 bits per heavy atom. The number of amides is 2. The lowest BCUT2D eigenvalue weighted by Crippen LogP contribution is -2.54. The zero-order chi connectivity index (χ0) is 35.3. The van der Waals surface area contributed by atoms with Gasteiger partial charge < -0.3 is 39.8 Å². The molecule has 1 spiro atoms. The second-order valence-electron chi connectivity index (χ2n) is 11.9. The van der Waals surface area contributed by atoms with Gasteiger partial charge in [0.15, 0.2) is 12.4 Å². The summed E-state index contributed by atoms with van der Waals surface area (Å²) >= 11 is 0. The summed E-state index contributed by atoms with van der Waals surface area (Å²) in [6, 6.07) is 12.2. The third kappa shape index (κ3) is 8.92. The number of carbonyl (C=O) groups is 4. The highest BCUT2D eigenvalue weighted by Gasteiger charge is 2.55. The standard InChI is InChI=1S/C34H35F3N2O10/c1-19(41)28(31(44)38-11-12-40)39-30(43)24-14-25(29-26(15-24)48-33(49-29)16-22-6-2-3-7-23(22)17-33)47-32(45)21-8-4-5-20(13-21)9-10-27(42)46-18-34(35,36)37/h2-10,13,15,19,25-26,28-29,40-41H,11-12,14,16-18H2,1H3,(H,38,44)(H,39,43). The maximum absolute atomic E-state index is 13.5. The topological polar surface area (TPSA) is 170 Å². The Morgan fingerprint density at radius 2 is 1.80 bits per heavy atom. The second-order valence-corrected chi connectivity index (χ2v) is 11.9. The van der Waals surface area contributed by atoms with Crippen LogP contribution in [-0.4, -0.2) is 96.1 Å². The van der Waals surface area contributed by atoms with Gasteiger partial charge in [0.05, 0.1) is 18.3 Å². The summed E-state index contributed by atoms with van der Waals surface area (Å²) in [5, 5.41) is 24.2. The van der Waals surface area contributed by atoms with Crippen molar-refractivity contribution in [2.24, 2.45) is 0 Å². The van der Waals surface area contributed by atoms with Crippen molar-refractivity contribution in [3.63, 3.8) is 0 Å². The highest BCUT2D eigenvalue weighted by Crippen LogP contribution is 2.45. The Hall–Kier alpha value is -4.57. The number of hydrogen-bond donors (Lipinski definition) is 4. The number of esters is 2. The average Bonchev–Trinajstić information content (AvgIpc) is 3.61. The number of halogens is 3. The number of aliphatic hydroxyl groups is 2. The lowest BCUT2D eigenvalue weighted by Gasteiger charge is -2.31. The van der Waals surface area contributed by atoms with Crippen LogP contribution in [0.5, 0.6) is 0 Å². The van der Waals surface area contributed by atoms with E-state index in [-0.39, 0.29) is 30.7 Å². The number of aliphatic hydroxyl groups excluding tert-OH is 2. The Bertz CT molecular complexity index is 1610. The molecule has 1 aliphatic heterocycles. The first-order chi connectivity index (χ1) is 23.3. The van der Waals surface area contributed by atoms with Crippen LogP contribution in [0.3, 0.4) is 0 Å². The van der Waals surface area contributed by atoms with Crippen LogP contribution in [0.15, 0.2) is 66.3 Å². The molecule has 3 aliphatic rings. The molecule has 1 heterocycles. The van der Waals surface area contributed by atoms with Gasteiger partial charge >= 0.3 is 18.1 Å². The second kappa shape index (κ2) is 14.9. The SMILES string of the molecule is CC(O)C(NC(=O)C1=CC2OC3(Cc4ccccc4C3)OC2C(OC(=O)c2cccc(C=CC(=O)OCC(F)(F)F)c2)C1)C(=O)NCCO. The van der Waals surface area contributed by atoms with Crippen LogP contribution in [0.1, 0.15) is 40.4 Å². The smallest absolute Gasteiger partial charge is 0.422 e. The van der Waals surface area contributed by atoms with E-state index >= 15 is 0 Å². The number of hydrogen-bond acceptors (Lipinski definition) is 10. The van der Waals surface area contributed by atoms with E-state index in [0.717, 1.165) is 17.2 Å². The normalized spacial score (nSPS) is 22.1. The van der Waals surface area contributed by atoms with E-state index in [1.807, 2.05) is 24.3 Å². The van der Waals surface area contributed by atoms with Gasteiger partial charge in [0.25, 0.3) is 0 Å². The molecular weight excluding hydrogens is 653 g/mol. The molecular formula is C34H35F3N2O10. The highest BCUT2D eigenvalue weighted by atomic mass is 19.4. The molecule has 49 heavy (non-hydrogen) atoms. The monoisotopic (exact) mass is 688 g/mol. The molecule has 1 saturated heterocycles. The predicted octanol–water partition coefficient (Wildman–Crippen LogP) is 1.91. The largest absolute Gasteiger partial charge is 0.456 e. The van der Waals surface area contributed by atoms with Crippen molar-refractivity contribution in [3.05, 3.63) is 88.5 Å². The van der Waals surface area contributed by atoms with Gasteiger partial charge in [-0.3, -0.25) is 9.59 Å². The number of alkyl halides is 3. The quantitative estimate of drug-likeness (QED) is 0.202. The number of benzene rings is 2. The van der Waals surface area contributed by atoms with Gasteiger partial charge in [-0.15, -0.1) is 0 Å². The summed E-state index contributed by atoms with van der Waals surface area (Å²) in [4.78, 5) is 51.2. The third-order valence-corrected chi connectivity index (χ3v) is 8.14. The van der Waals surface area contributed by atoms with Crippen LogP contribution in [0.4, 0.5) is 13.2 Å². The van der Waals surface area contributed by atoms with Gasteiger partial charge in [-0.1, -0.05) is 36.4 Å². The minimum Gasteiger partial charge on any atom is -0.456 e. The van der Waals surface area contributed by atoms with Gasteiger partial charge in [0.2, 0.25) is 11.8 Å². The van der Waals surface area contributed by atoms with Crippen LogP contribution < -0.4 is 10.6 Å². The first kappa shape index (κ1) is 35.7. The molecule has 5 unspecified atom stereocenters. The maximum atomic E-state index is 13.5. The number of rotatable bonds is 11. The molecule has 0 bridgehead atoms. The minimum absolute atomic E-state index is 0.0412. The first-order valence-corrected chi connectivity index (χ1v) is 15.5. The van der Waals surface area contributed by atoms with Gasteiger partial charge in [0, 0.05) is 37.5 Å². The molecule has 2 aliphatic carbocycles. The summed E-state index contributed by atoms with van der Waals surface area (Å²) < 4.78 is 60.0. The molecule has 1 fully saturated rings. The fourth-order valence-corrected chi connectivity index (χ4v) is 5.93. The summed E-state index contributed by atoms with van der Waals surface area (Å²) in [5.41, 5.74) is 2.51. The van der Waals surface area contributed by atoms with Gasteiger partial charge in [-0.2, -0.15) is 13.2 Å². The summed E-state index contributed by atoms with van der Waals surface area (Å²) in [5.74, 6) is -4.54. The molecule has 0 radical (unpaired) electrons. The number of carbonyl (C=O) groups excluding carboxylic acids is 4. The van der Waals surface area contributed by atoms with Crippen molar-refractivity contribution in [1.29, 1.82) is 0 Å². The van der Waals surface area contributed by atoms with Crippen LogP contribution in [0.2, 0.25) is 0 Å². The molecule has 0 aromatic heterocycles. The van der Waals surface area contributed by atoms with E-state index in [4.69, 9.17) is 19.3 Å². The first-order valence-electron chi connectivity index (χ1n) is 15.5. The fourth-order valence-electron chi connectivity index (χ4n) is 5.93. The Kier molecular flexibility index (Phi) is 10.9. The number of nitrogens with one attached hydrogen (secondary N) is 2. The summed E-state index contributed by atoms with van der Waals surface area (Å²) in [6.45, 7) is -0.846. The molecule has 2 aromatic rings. The zero-order valence-electron chi connectivity index (χ0n) is 26.3. The van der Waals surface area contributed by atoms with Gasteiger partial charge in [0.1, 0.15) is 24.4 Å². The molecule has 15 heteroatoms. The summed E-state index contributed by atoms with van der Waals surface area (Å²) in [6.07, 6.45) is -4.42. The molecule has 5 rings (SSSR count). The number of fused-ring (bicyclic) bond motifs is 2. The van der Waals surface area contributed by atoms with Crippen LogP contribution in [0, 0.1) is 0 Å². The minimum atomic E-state index is -4.68. The molecule has 5 atom stereocenters. The third-order valence-electron chi connectivity index (χ3n) is 8.14. The zero-order valence-corrected chi connectivity index (χ0v) is 26.3. The van der Waals surface area contributed by atoms with Crippen molar-refractivity contribution in [3.8, 4) is 0 Å². The van der Waals surface area contributed by atoms with E-state index in [1.165, 1.54) is 37.3 Å². The van der Waals surface area contributed by atoms with E-state index in [9.17, 15) is 37.5 Å². The number of ether oxygens (including phenoxy) is 4. The molecule has 2 amide bonds. The van der Waals surface area contributed by atoms with Crippen molar-refractivity contribution >= 4 is 29.8 Å². The molecule has 4 N–H and O–H groups in total. The Balaban J connectivity index is 1.34. The molecule has 12 nitrogen and oxygen atoms in total. The van der Waals surface area contributed by atoms with Crippen LogP contribution in [-0.2, 0) is 46.2 Å². The average molecular weight is 689 g/mol.